The van der Waals surface area contributed by atoms with Crippen LogP contribution in [-0.4, -0.2) is 71.6 Å². The summed E-state index contributed by atoms with van der Waals surface area (Å²) in [4.78, 5) is 25.6. The lowest BCUT2D eigenvalue weighted by atomic mass is 9.94. The van der Waals surface area contributed by atoms with Crippen LogP contribution in [0.2, 0.25) is 0 Å². The monoisotopic (exact) mass is 434 g/mol. The number of aromatic nitrogens is 2. The molecule has 9 heteroatoms. The Morgan fingerprint density at radius 1 is 1.16 bits per heavy atom. The third kappa shape index (κ3) is 5.40. The summed E-state index contributed by atoms with van der Waals surface area (Å²) >= 11 is 0. The minimum Gasteiger partial charge on any atom is -0.379 e. The van der Waals surface area contributed by atoms with E-state index in [1.807, 2.05) is 4.90 Å². The summed E-state index contributed by atoms with van der Waals surface area (Å²) in [5.74, 6) is 0.106. The van der Waals surface area contributed by atoms with E-state index >= 15 is 0 Å². The fourth-order valence-corrected chi connectivity index (χ4v) is 4.07. The lowest BCUT2D eigenvalue weighted by molar-refractivity contribution is -0.137. The second kappa shape index (κ2) is 9.32. The van der Waals surface area contributed by atoms with Crippen LogP contribution in [0.3, 0.4) is 0 Å². The molecule has 0 saturated carbocycles. The Bertz CT molecular complexity index is 916. The number of likely N-dealkylation sites (tertiary alicyclic amines) is 1. The molecule has 1 aromatic heterocycles. The number of carbonyl (C=O) groups is 1. The second-order valence-electron chi connectivity index (χ2n) is 7.98. The molecule has 1 aromatic carbocycles. The number of alkyl halides is 3. The molecule has 0 unspecified atom stereocenters. The van der Waals surface area contributed by atoms with Crippen LogP contribution < -0.4 is 0 Å². The number of amides is 1. The topological polar surface area (TPSA) is 58.6 Å². The van der Waals surface area contributed by atoms with Gasteiger partial charge in [-0.05, 0) is 25.0 Å². The summed E-state index contributed by atoms with van der Waals surface area (Å²) in [5.41, 5.74) is 0.772. The highest BCUT2D eigenvalue weighted by atomic mass is 19.4. The Morgan fingerprint density at radius 2 is 1.97 bits per heavy atom. The minimum atomic E-state index is -4.41. The van der Waals surface area contributed by atoms with E-state index in [1.165, 1.54) is 12.3 Å². The van der Waals surface area contributed by atoms with Crippen molar-refractivity contribution < 1.29 is 22.7 Å². The lowest BCUT2D eigenvalue weighted by Crippen LogP contribution is -2.47. The van der Waals surface area contributed by atoms with E-state index in [0.29, 0.717) is 49.8 Å². The number of carbonyl (C=O) groups excluding carboxylic acids is 1. The Hall–Kier alpha value is -2.52. The summed E-state index contributed by atoms with van der Waals surface area (Å²) in [5, 5.41) is 0. The highest BCUT2D eigenvalue weighted by Crippen LogP contribution is 2.32. The van der Waals surface area contributed by atoms with Gasteiger partial charge in [-0.15, -0.1) is 0 Å². The molecule has 2 aliphatic rings. The van der Waals surface area contributed by atoms with Crippen LogP contribution >= 0.6 is 0 Å². The van der Waals surface area contributed by atoms with Crippen molar-refractivity contribution in [3.8, 4) is 11.3 Å². The van der Waals surface area contributed by atoms with Crippen molar-refractivity contribution in [3.63, 3.8) is 0 Å². The Labute approximate surface area is 179 Å². The fraction of sp³-hybridized carbons (Fsp3) is 0.500. The van der Waals surface area contributed by atoms with Gasteiger partial charge in [0, 0.05) is 43.9 Å². The molecule has 0 bridgehead atoms. The number of hydrogen-bond donors (Lipinski definition) is 0. The molecule has 1 amide bonds. The Kier molecular flexibility index (Phi) is 6.52. The van der Waals surface area contributed by atoms with Crippen LogP contribution in [0.15, 0.2) is 36.7 Å². The van der Waals surface area contributed by atoms with Gasteiger partial charge in [0.25, 0.3) is 0 Å². The molecular weight excluding hydrogens is 409 g/mol. The zero-order valence-corrected chi connectivity index (χ0v) is 17.1. The van der Waals surface area contributed by atoms with Crippen molar-refractivity contribution in [2.75, 3.05) is 45.9 Å². The van der Waals surface area contributed by atoms with E-state index in [9.17, 15) is 18.0 Å². The average Bonchev–Trinajstić information content (AvgIpc) is 2.79. The largest absolute Gasteiger partial charge is 0.416 e. The molecular formula is C22H25F3N4O2. The standard InChI is InChI=1S/C22H25F3N4O2/c23-22(24,25)18-5-1-3-16(11-18)19-12-26-13-20(27-19)17-4-2-6-29(14-17)21(30)15-28-7-9-31-10-8-28/h1,3,5,11-13,17H,2,4,6-10,14-15H2/t17-/m0/s1. The summed E-state index contributed by atoms with van der Waals surface area (Å²) in [6, 6.07) is 5.11. The number of benzene rings is 1. The van der Waals surface area contributed by atoms with E-state index < -0.39 is 11.7 Å². The molecule has 2 aromatic rings. The van der Waals surface area contributed by atoms with Gasteiger partial charge in [0.05, 0.1) is 42.9 Å². The molecule has 1 atom stereocenters. The molecule has 3 heterocycles. The maximum absolute atomic E-state index is 13.1. The number of nitrogens with zero attached hydrogens (tertiary/aromatic N) is 4. The maximum atomic E-state index is 13.1. The van der Waals surface area contributed by atoms with Gasteiger partial charge in [-0.1, -0.05) is 12.1 Å². The number of piperidine rings is 1. The molecule has 31 heavy (non-hydrogen) atoms. The third-order valence-corrected chi connectivity index (χ3v) is 5.79. The smallest absolute Gasteiger partial charge is 0.379 e. The van der Waals surface area contributed by atoms with Gasteiger partial charge in [0.2, 0.25) is 5.91 Å². The van der Waals surface area contributed by atoms with E-state index in [1.54, 1.807) is 12.3 Å². The van der Waals surface area contributed by atoms with Crippen LogP contribution in [0.1, 0.15) is 30.0 Å². The fourth-order valence-electron chi connectivity index (χ4n) is 4.07. The third-order valence-electron chi connectivity index (χ3n) is 5.79. The quantitative estimate of drug-likeness (QED) is 0.740. The molecule has 6 nitrogen and oxygen atoms in total. The Balaban J connectivity index is 1.46. The SMILES string of the molecule is O=C(CN1CCOCC1)N1CCC[C@H](c2cncc(-c3cccc(C(F)(F)F)c3)n2)C1. The minimum absolute atomic E-state index is 0.0145. The van der Waals surface area contributed by atoms with Crippen LogP contribution in [0.5, 0.6) is 0 Å². The number of rotatable bonds is 4. The molecule has 166 valence electrons. The molecule has 2 saturated heterocycles. The zero-order chi connectivity index (χ0) is 21.8. The molecule has 0 aliphatic carbocycles. The van der Waals surface area contributed by atoms with Crippen molar-refractivity contribution in [2.24, 2.45) is 0 Å². The predicted octanol–water partition coefficient (Wildman–Crippen LogP) is 3.20. The van der Waals surface area contributed by atoms with Crippen molar-refractivity contribution in [1.82, 2.24) is 19.8 Å². The maximum Gasteiger partial charge on any atom is 0.416 e. The first-order valence-corrected chi connectivity index (χ1v) is 10.5. The normalized spacial score (nSPS) is 20.6. The van der Waals surface area contributed by atoms with Gasteiger partial charge in [-0.25, -0.2) is 4.98 Å². The summed E-state index contributed by atoms with van der Waals surface area (Å²) in [6.07, 6.45) is 0.434. The summed E-state index contributed by atoms with van der Waals surface area (Å²) in [7, 11) is 0. The number of morpholine rings is 1. The first-order chi connectivity index (χ1) is 14.9. The first-order valence-electron chi connectivity index (χ1n) is 10.5. The van der Waals surface area contributed by atoms with Crippen LogP contribution in [0.4, 0.5) is 13.2 Å². The highest BCUT2D eigenvalue weighted by Gasteiger charge is 2.31. The number of hydrogen-bond acceptors (Lipinski definition) is 5. The Morgan fingerprint density at radius 3 is 2.74 bits per heavy atom. The van der Waals surface area contributed by atoms with Crippen LogP contribution in [0.25, 0.3) is 11.3 Å². The average molecular weight is 434 g/mol. The van der Waals surface area contributed by atoms with Gasteiger partial charge < -0.3 is 9.64 Å². The van der Waals surface area contributed by atoms with E-state index in [4.69, 9.17) is 4.74 Å². The predicted molar refractivity (Wildman–Crippen MR) is 108 cm³/mol. The highest BCUT2D eigenvalue weighted by molar-refractivity contribution is 5.78. The molecule has 0 N–H and O–H groups in total. The molecule has 4 rings (SSSR count). The van der Waals surface area contributed by atoms with E-state index in [-0.39, 0.29) is 11.8 Å². The lowest BCUT2D eigenvalue weighted by Gasteiger charge is -2.34. The van der Waals surface area contributed by atoms with E-state index in [2.05, 4.69) is 14.9 Å². The zero-order valence-electron chi connectivity index (χ0n) is 17.1. The van der Waals surface area contributed by atoms with Crippen molar-refractivity contribution in [3.05, 3.63) is 47.9 Å². The van der Waals surface area contributed by atoms with Crippen molar-refractivity contribution in [2.45, 2.75) is 24.9 Å². The summed E-state index contributed by atoms with van der Waals surface area (Å²) in [6.45, 7) is 4.44. The van der Waals surface area contributed by atoms with Crippen molar-refractivity contribution in [1.29, 1.82) is 0 Å². The van der Waals surface area contributed by atoms with Gasteiger partial charge in [0.1, 0.15) is 0 Å². The van der Waals surface area contributed by atoms with E-state index in [0.717, 1.165) is 38.1 Å². The van der Waals surface area contributed by atoms with Gasteiger partial charge in [-0.2, -0.15) is 13.2 Å². The molecule has 0 radical (unpaired) electrons. The second-order valence-corrected chi connectivity index (χ2v) is 7.98. The number of ether oxygens (including phenoxy) is 1. The number of halogens is 3. The molecule has 2 aliphatic heterocycles. The summed E-state index contributed by atoms with van der Waals surface area (Å²) < 4.78 is 44.5. The van der Waals surface area contributed by atoms with Gasteiger partial charge >= 0.3 is 6.18 Å². The molecule has 2 fully saturated rings. The van der Waals surface area contributed by atoms with Gasteiger partial charge in [-0.3, -0.25) is 14.7 Å². The van der Waals surface area contributed by atoms with Crippen molar-refractivity contribution >= 4 is 5.91 Å². The van der Waals surface area contributed by atoms with Crippen LogP contribution in [0, 0.1) is 0 Å². The van der Waals surface area contributed by atoms with Gasteiger partial charge in [0.15, 0.2) is 0 Å². The molecule has 0 spiro atoms. The van der Waals surface area contributed by atoms with Crippen LogP contribution in [-0.2, 0) is 15.7 Å². The first kappa shape index (κ1) is 21.7.